The van der Waals surface area contributed by atoms with Gasteiger partial charge in [-0.2, -0.15) is 10.1 Å². The van der Waals surface area contributed by atoms with Gasteiger partial charge in [-0.1, -0.05) is 21.6 Å². The van der Waals surface area contributed by atoms with Gasteiger partial charge in [0.2, 0.25) is 5.95 Å². The Hall–Kier alpha value is -1.60. The number of aliphatic hydroxyl groups excluding tert-OH is 1. The number of H-pyrrole nitrogens is 1. The number of aliphatic hydroxyl groups is 1. The van der Waals surface area contributed by atoms with Crippen LogP contribution in [0.3, 0.4) is 0 Å². The van der Waals surface area contributed by atoms with Crippen LogP contribution in [-0.2, 0) is 9.47 Å². The molecule has 1 unspecified atom stereocenters. The first kappa shape index (κ1) is 21.1. The number of aliphatic imine (C=N–C) groups is 1. The fourth-order valence-corrected chi connectivity index (χ4v) is 4.34. The Morgan fingerprint density at radius 3 is 3.07 bits per heavy atom. The summed E-state index contributed by atoms with van der Waals surface area (Å²) in [5, 5.41) is 14.3. The van der Waals surface area contributed by atoms with Crippen molar-refractivity contribution in [3.05, 3.63) is 16.6 Å². The van der Waals surface area contributed by atoms with Crippen LogP contribution in [-0.4, -0.2) is 80.7 Å². The number of aromatic nitrogens is 4. The molecule has 0 radical (unpaired) electrons. The Bertz CT molecular complexity index is 886. The molecule has 2 N–H and O–H groups in total. The van der Waals surface area contributed by atoms with E-state index in [1.807, 2.05) is 27.3 Å². The minimum absolute atomic E-state index is 0.0429. The van der Waals surface area contributed by atoms with Gasteiger partial charge < -0.3 is 19.5 Å². The summed E-state index contributed by atoms with van der Waals surface area (Å²) in [5.74, 6) is 0.183. The van der Waals surface area contributed by atoms with Gasteiger partial charge >= 0.3 is 0 Å². The van der Waals surface area contributed by atoms with Crippen LogP contribution >= 0.6 is 21.6 Å². The van der Waals surface area contributed by atoms with Gasteiger partial charge in [0.05, 0.1) is 25.2 Å². The van der Waals surface area contributed by atoms with E-state index in [0.717, 1.165) is 0 Å². The van der Waals surface area contributed by atoms with E-state index >= 15 is 0 Å². The molecule has 1 aliphatic rings. The first-order valence-corrected chi connectivity index (χ1v) is 11.3. The summed E-state index contributed by atoms with van der Waals surface area (Å²) in [7, 11) is 6.86. The molecule has 28 heavy (non-hydrogen) atoms. The molecule has 0 amide bonds. The van der Waals surface area contributed by atoms with Crippen molar-refractivity contribution in [2.45, 2.75) is 37.2 Å². The molecular formula is C16H24N6O4S2. The van der Waals surface area contributed by atoms with Crippen molar-refractivity contribution in [2.75, 3.05) is 27.0 Å². The predicted octanol–water partition coefficient (Wildman–Crippen LogP) is 1.36. The Balaban J connectivity index is 1.87. The Morgan fingerprint density at radius 2 is 2.39 bits per heavy atom. The van der Waals surface area contributed by atoms with Gasteiger partial charge in [-0.05, 0) is 13.2 Å². The predicted molar refractivity (Wildman–Crippen MR) is 111 cm³/mol. The molecule has 1 aliphatic heterocycles. The van der Waals surface area contributed by atoms with Gasteiger partial charge in [-0.25, -0.2) is 9.67 Å². The summed E-state index contributed by atoms with van der Waals surface area (Å²) < 4.78 is 13.5. The Morgan fingerprint density at radius 1 is 1.61 bits per heavy atom. The normalized spacial score (nSPS) is 23.7. The Labute approximate surface area is 170 Å². The van der Waals surface area contributed by atoms with E-state index in [-0.39, 0.29) is 29.7 Å². The highest BCUT2D eigenvalue weighted by molar-refractivity contribution is 8.76. The molecule has 3 rings (SSSR count). The monoisotopic (exact) mass is 428 g/mol. The van der Waals surface area contributed by atoms with Crippen LogP contribution in [0.1, 0.15) is 19.6 Å². The number of hydrogen-bond acceptors (Lipinski definition) is 9. The van der Waals surface area contributed by atoms with Crippen LogP contribution in [0, 0.1) is 0 Å². The summed E-state index contributed by atoms with van der Waals surface area (Å²) in [6.45, 7) is 1.80. The summed E-state index contributed by atoms with van der Waals surface area (Å²) in [5.41, 5.74) is 0.0129. The fraction of sp³-hybridized carbons (Fsp3) is 0.625. The molecule has 2 aromatic rings. The van der Waals surface area contributed by atoms with Gasteiger partial charge in [-0.3, -0.25) is 9.78 Å². The smallest absolute Gasteiger partial charge is 0.263 e. The second-order valence-electron chi connectivity index (χ2n) is 6.48. The van der Waals surface area contributed by atoms with Gasteiger partial charge in [0.1, 0.15) is 16.9 Å². The molecule has 0 bridgehead atoms. The number of nitrogens with one attached hydrogen (secondary N) is 1. The number of aromatic amines is 1. The lowest BCUT2D eigenvalue weighted by Crippen LogP contribution is -2.29. The van der Waals surface area contributed by atoms with E-state index in [1.165, 1.54) is 6.20 Å². The highest BCUT2D eigenvalue weighted by Gasteiger charge is 2.38. The minimum Gasteiger partial charge on any atom is -0.394 e. The maximum atomic E-state index is 12.3. The van der Waals surface area contributed by atoms with Gasteiger partial charge in [0, 0.05) is 20.5 Å². The topological polar surface area (TPSA) is 118 Å². The van der Waals surface area contributed by atoms with Crippen molar-refractivity contribution < 1.29 is 14.6 Å². The van der Waals surface area contributed by atoms with E-state index in [0.29, 0.717) is 17.5 Å². The molecule has 1 fully saturated rings. The highest BCUT2D eigenvalue weighted by atomic mass is 33.1. The minimum atomic E-state index is -0.494. The Kier molecular flexibility index (Phi) is 6.99. The van der Waals surface area contributed by atoms with Crippen LogP contribution in [0.25, 0.3) is 11.0 Å². The van der Waals surface area contributed by atoms with Gasteiger partial charge in [0.25, 0.3) is 5.56 Å². The third-order valence-electron chi connectivity index (χ3n) is 4.09. The number of ether oxygens (including phenoxy) is 2. The lowest BCUT2D eigenvalue weighted by molar-refractivity contribution is -0.0652. The van der Waals surface area contributed by atoms with E-state index in [1.54, 1.807) is 37.5 Å². The van der Waals surface area contributed by atoms with E-state index in [2.05, 4.69) is 20.1 Å². The summed E-state index contributed by atoms with van der Waals surface area (Å²) in [4.78, 5) is 25.3. The zero-order valence-corrected chi connectivity index (χ0v) is 17.7. The molecule has 0 saturated carbocycles. The fourth-order valence-electron chi connectivity index (χ4n) is 2.93. The zero-order valence-electron chi connectivity index (χ0n) is 16.1. The molecule has 2 aromatic heterocycles. The van der Waals surface area contributed by atoms with Crippen molar-refractivity contribution in [3.63, 3.8) is 0 Å². The van der Waals surface area contributed by atoms with Crippen molar-refractivity contribution in [1.82, 2.24) is 24.6 Å². The third kappa shape index (κ3) is 4.69. The lowest BCUT2D eigenvalue weighted by atomic mass is 10.2. The standard InChI is InChI=1S/C16H24N6O4S2/c1-9(28-27-4)25-11-5-13(26-12(11)7-23)22-14-10(6-18-22)15(24)20-16(19-14)17-8-21(2)3/h6,8-9,11-13,23H,5,7H2,1-4H3,(H,19,20,24)/t9-,11?,12-,13-/m1/s1. The molecule has 10 nitrogen and oxygen atoms in total. The number of fused-ring (bicyclic) bond motifs is 1. The van der Waals surface area contributed by atoms with Crippen LogP contribution in [0.15, 0.2) is 16.0 Å². The van der Waals surface area contributed by atoms with E-state index in [4.69, 9.17) is 9.47 Å². The first-order chi connectivity index (χ1) is 13.4. The second kappa shape index (κ2) is 9.27. The van der Waals surface area contributed by atoms with E-state index in [9.17, 15) is 9.90 Å². The average Bonchev–Trinajstić information content (AvgIpc) is 3.24. The molecule has 0 spiro atoms. The molecule has 0 aromatic carbocycles. The summed E-state index contributed by atoms with van der Waals surface area (Å²) >= 11 is 0. The molecule has 4 atom stereocenters. The van der Waals surface area contributed by atoms with Crippen LogP contribution in [0.5, 0.6) is 0 Å². The average molecular weight is 429 g/mol. The van der Waals surface area contributed by atoms with Crippen molar-refractivity contribution in [2.24, 2.45) is 4.99 Å². The second-order valence-corrected chi connectivity index (χ2v) is 9.24. The maximum Gasteiger partial charge on any atom is 0.263 e. The van der Waals surface area contributed by atoms with Crippen molar-refractivity contribution >= 4 is 44.9 Å². The maximum absolute atomic E-state index is 12.3. The molecule has 1 saturated heterocycles. The van der Waals surface area contributed by atoms with Gasteiger partial charge in [0.15, 0.2) is 11.9 Å². The molecule has 3 heterocycles. The molecular weight excluding hydrogens is 404 g/mol. The SMILES string of the molecule is CSS[C@H](C)OC1C[C@H](n2ncc3c(=O)[nH]c(N=CN(C)C)nc32)O[C@@H]1CO. The van der Waals surface area contributed by atoms with Gasteiger partial charge in [-0.15, -0.1) is 0 Å². The highest BCUT2D eigenvalue weighted by Crippen LogP contribution is 2.35. The summed E-state index contributed by atoms with van der Waals surface area (Å²) in [6.07, 6.45) is 4.24. The quantitative estimate of drug-likeness (QED) is 0.278. The van der Waals surface area contributed by atoms with Crippen molar-refractivity contribution in [1.29, 1.82) is 0 Å². The first-order valence-electron chi connectivity index (χ1n) is 8.72. The van der Waals surface area contributed by atoms with Crippen LogP contribution in [0.4, 0.5) is 5.95 Å². The third-order valence-corrected chi connectivity index (χ3v) is 6.06. The zero-order chi connectivity index (χ0) is 20.3. The summed E-state index contributed by atoms with van der Waals surface area (Å²) in [6, 6.07) is 0. The molecule has 0 aliphatic carbocycles. The number of nitrogens with zero attached hydrogens (tertiary/aromatic N) is 5. The van der Waals surface area contributed by atoms with Crippen LogP contribution in [0.2, 0.25) is 0 Å². The molecule has 12 heteroatoms. The number of rotatable bonds is 8. The van der Waals surface area contributed by atoms with Crippen LogP contribution < -0.4 is 5.56 Å². The van der Waals surface area contributed by atoms with Crippen molar-refractivity contribution in [3.8, 4) is 0 Å². The molecule has 154 valence electrons. The van der Waals surface area contributed by atoms with E-state index < -0.39 is 12.3 Å². The number of hydrogen-bond donors (Lipinski definition) is 2. The largest absolute Gasteiger partial charge is 0.394 e. The lowest BCUT2D eigenvalue weighted by Gasteiger charge is -2.20.